The van der Waals surface area contributed by atoms with E-state index in [0.717, 1.165) is 20.6 Å². The molecule has 0 saturated carbocycles. The summed E-state index contributed by atoms with van der Waals surface area (Å²) in [6.45, 7) is 4.85. The maximum atomic E-state index is 13.5. The minimum absolute atomic E-state index is 0.0588. The lowest BCUT2D eigenvalue weighted by atomic mass is 10.1. The van der Waals surface area contributed by atoms with Crippen LogP contribution in [0.2, 0.25) is 10.0 Å². The third-order valence-electron chi connectivity index (χ3n) is 5.35. The van der Waals surface area contributed by atoms with Gasteiger partial charge < -0.3 is 10.2 Å². The van der Waals surface area contributed by atoms with Crippen LogP contribution in [0, 0.1) is 3.57 Å². The van der Waals surface area contributed by atoms with E-state index in [9.17, 15) is 18.0 Å². The number of halogens is 3. The molecular formula is C23H28Cl2IN3O4S. The van der Waals surface area contributed by atoms with Crippen molar-refractivity contribution in [2.45, 2.75) is 45.8 Å². The number of carbonyl (C=O) groups is 2. The summed E-state index contributed by atoms with van der Waals surface area (Å²) in [7, 11) is -3.79. The van der Waals surface area contributed by atoms with E-state index in [2.05, 4.69) is 27.9 Å². The van der Waals surface area contributed by atoms with Gasteiger partial charge in [0.1, 0.15) is 12.6 Å². The summed E-state index contributed by atoms with van der Waals surface area (Å²) in [5.41, 5.74) is 0.825. The van der Waals surface area contributed by atoms with Crippen LogP contribution in [0.4, 0.5) is 5.69 Å². The van der Waals surface area contributed by atoms with E-state index in [1.54, 1.807) is 49.4 Å². The zero-order chi connectivity index (χ0) is 25.6. The van der Waals surface area contributed by atoms with Gasteiger partial charge in [-0.15, -0.1) is 0 Å². The molecule has 2 amide bonds. The second-order valence-corrected chi connectivity index (χ2v) is 11.9. The topological polar surface area (TPSA) is 86.8 Å². The van der Waals surface area contributed by atoms with Crippen molar-refractivity contribution >= 4 is 73.3 Å². The fraction of sp³-hybridized carbons (Fsp3) is 0.391. The third kappa shape index (κ3) is 7.73. The van der Waals surface area contributed by atoms with Gasteiger partial charge in [-0.25, -0.2) is 8.42 Å². The highest BCUT2D eigenvalue weighted by molar-refractivity contribution is 14.1. The highest BCUT2D eigenvalue weighted by Gasteiger charge is 2.31. The number of carbonyl (C=O) groups excluding carboxylic acids is 2. The predicted octanol–water partition coefficient (Wildman–Crippen LogP) is 4.70. The molecule has 2 aromatic carbocycles. The smallest absolute Gasteiger partial charge is 0.244 e. The van der Waals surface area contributed by atoms with Crippen molar-refractivity contribution in [1.29, 1.82) is 0 Å². The number of hydrogen-bond acceptors (Lipinski definition) is 4. The van der Waals surface area contributed by atoms with Crippen LogP contribution in [0.1, 0.15) is 32.8 Å². The molecular weight excluding hydrogens is 612 g/mol. The first-order chi connectivity index (χ1) is 15.8. The molecule has 0 heterocycles. The van der Waals surface area contributed by atoms with Crippen LogP contribution in [0.25, 0.3) is 0 Å². The van der Waals surface area contributed by atoms with Crippen LogP contribution in [-0.4, -0.2) is 50.0 Å². The normalized spacial score (nSPS) is 13.1. The number of nitrogens with zero attached hydrogens (tertiary/aromatic N) is 2. The molecule has 11 heteroatoms. The molecule has 2 atom stereocenters. The van der Waals surface area contributed by atoms with Gasteiger partial charge in [-0.3, -0.25) is 13.9 Å². The monoisotopic (exact) mass is 639 g/mol. The van der Waals surface area contributed by atoms with Crippen molar-refractivity contribution in [3.8, 4) is 0 Å². The Bertz CT molecular complexity index is 1110. The van der Waals surface area contributed by atoms with E-state index < -0.39 is 28.5 Å². The van der Waals surface area contributed by atoms with Gasteiger partial charge in [0.05, 0.1) is 11.9 Å². The molecule has 0 aliphatic heterocycles. The lowest BCUT2D eigenvalue weighted by molar-refractivity contribution is -0.139. The van der Waals surface area contributed by atoms with Crippen molar-refractivity contribution in [3.63, 3.8) is 0 Å². The standard InChI is InChI=1S/C23H28Cl2IN3O4S/c1-5-15(2)27-23(31)16(3)28(13-19-20(24)7-6-8-21(19)25)22(30)14-29(34(4,32)33)18-11-9-17(26)10-12-18/h6-12,15-16H,5,13-14H2,1-4H3,(H,27,31)/t15-,16+/m1/s1. The molecule has 34 heavy (non-hydrogen) atoms. The van der Waals surface area contributed by atoms with Gasteiger partial charge in [-0.1, -0.05) is 36.2 Å². The molecule has 0 fully saturated rings. The van der Waals surface area contributed by atoms with E-state index in [1.165, 1.54) is 4.90 Å². The fourth-order valence-electron chi connectivity index (χ4n) is 3.12. The molecule has 0 unspecified atom stereocenters. The molecule has 2 aromatic rings. The minimum atomic E-state index is -3.79. The van der Waals surface area contributed by atoms with Crippen molar-refractivity contribution in [3.05, 3.63) is 61.6 Å². The van der Waals surface area contributed by atoms with Crippen molar-refractivity contribution in [2.24, 2.45) is 0 Å². The number of amides is 2. The van der Waals surface area contributed by atoms with Crippen LogP contribution >= 0.6 is 45.8 Å². The van der Waals surface area contributed by atoms with E-state index in [-0.39, 0.29) is 18.5 Å². The van der Waals surface area contributed by atoms with Crippen LogP contribution in [-0.2, 0) is 26.2 Å². The van der Waals surface area contributed by atoms with Crippen molar-refractivity contribution in [1.82, 2.24) is 10.2 Å². The molecule has 7 nitrogen and oxygen atoms in total. The van der Waals surface area contributed by atoms with Gasteiger partial charge >= 0.3 is 0 Å². The summed E-state index contributed by atoms with van der Waals surface area (Å²) in [5, 5.41) is 3.56. The summed E-state index contributed by atoms with van der Waals surface area (Å²) in [5.74, 6) is -0.919. The van der Waals surface area contributed by atoms with Crippen molar-refractivity contribution < 1.29 is 18.0 Å². The first-order valence-electron chi connectivity index (χ1n) is 10.6. The zero-order valence-electron chi connectivity index (χ0n) is 19.4. The zero-order valence-corrected chi connectivity index (χ0v) is 23.9. The average molecular weight is 640 g/mol. The van der Waals surface area contributed by atoms with Crippen molar-refractivity contribution in [2.75, 3.05) is 17.1 Å². The first kappa shape index (κ1) is 28.7. The number of anilines is 1. The molecule has 0 aromatic heterocycles. The number of hydrogen-bond donors (Lipinski definition) is 1. The molecule has 0 bridgehead atoms. The largest absolute Gasteiger partial charge is 0.352 e. The van der Waals surface area contributed by atoms with Crippen LogP contribution in [0.15, 0.2) is 42.5 Å². The van der Waals surface area contributed by atoms with E-state index in [0.29, 0.717) is 21.3 Å². The molecule has 1 N–H and O–H groups in total. The number of sulfonamides is 1. The Hall–Kier alpha value is -1.56. The molecule has 0 radical (unpaired) electrons. The van der Waals surface area contributed by atoms with E-state index in [4.69, 9.17) is 23.2 Å². The second kappa shape index (κ2) is 12.4. The predicted molar refractivity (Wildman–Crippen MR) is 146 cm³/mol. The van der Waals surface area contributed by atoms with Crippen LogP contribution in [0.5, 0.6) is 0 Å². The highest BCUT2D eigenvalue weighted by Crippen LogP contribution is 2.27. The molecule has 0 aliphatic carbocycles. The Morgan fingerprint density at radius 1 is 1.06 bits per heavy atom. The fourth-order valence-corrected chi connectivity index (χ4v) is 4.85. The van der Waals surface area contributed by atoms with Gasteiger partial charge in [0, 0.05) is 31.8 Å². The lowest BCUT2D eigenvalue weighted by Crippen LogP contribution is -2.52. The highest BCUT2D eigenvalue weighted by atomic mass is 127. The van der Waals surface area contributed by atoms with Gasteiger partial charge in [0.25, 0.3) is 0 Å². The van der Waals surface area contributed by atoms with Gasteiger partial charge in [-0.2, -0.15) is 0 Å². The number of benzene rings is 2. The summed E-state index contributed by atoms with van der Waals surface area (Å²) in [4.78, 5) is 27.7. The van der Waals surface area contributed by atoms with E-state index >= 15 is 0 Å². The van der Waals surface area contributed by atoms with E-state index in [1.807, 2.05) is 13.8 Å². The molecule has 186 valence electrons. The Kier molecular flexibility index (Phi) is 10.5. The molecule has 0 saturated heterocycles. The lowest BCUT2D eigenvalue weighted by Gasteiger charge is -2.32. The summed E-state index contributed by atoms with van der Waals surface area (Å²) < 4.78 is 27.1. The minimum Gasteiger partial charge on any atom is -0.352 e. The second-order valence-electron chi connectivity index (χ2n) is 7.96. The number of nitrogens with one attached hydrogen (secondary N) is 1. The summed E-state index contributed by atoms with van der Waals surface area (Å²) >= 11 is 14.8. The molecule has 0 aliphatic rings. The number of rotatable bonds is 10. The maximum absolute atomic E-state index is 13.5. The Balaban J connectivity index is 2.43. The summed E-state index contributed by atoms with van der Waals surface area (Å²) in [6, 6.07) is 10.7. The third-order valence-corrected chi connectivity index (χ3v) is 7.92. The Morgan fingerprint density at radius 3 is 2.12 bits per heavy atom. The Morgan fingerprint density at radius 2 is 1.62 bits per heavy atom. The molecule has 0 spiro atoms. The van der Waals surface area contributed by atoms with Crippen LogP contribution < -0.4 is 9.62 Å². The van der Waals surface area contributed by atoms with Gasteiger partial charge in [0.15, 0.2) is 0 Å². The Labute approximate surface area is 225 Å². The quantitative estimate of drug-likeness (QED) is 0.382. The van der Waals surface area contributed by atoms with Gasteiger partial charge in [0.2, 0.25) is 21.8 Å². The maximum Gasteiger partial charge on any atom is 0.244 e. The average Bonchev–Trinajstić information content (AvgIpc) is 2.76. The molecule has 2 rings (SSSR count). The summed E-state index contributed by atoms with van der Waals surface area (Å²) in [6.07, 6.45) is 1.75. The van der Waals surface area contributed by atoms with Gasteiger partial charge in [-0.05, 0) is 79.3 Å². The van der Waals surface area contributed by atoms with Crippen LogP contribution in [0.3, 0.4) is 0 Å². The SMILES string of the molecule is CC[C@@H](C)NC(=O)[C@H](C)N(Cc1c(Cl)cccc1Cl)C(=O)CN(c1ccc(I)cc1)S(C)(=O)=O. The first-order valence-corrected chi connectivity index (χ1v) is 14.3.